The van der Waals surface area contributed by atoms with Crippen molar-refractivity contribution in [3.8, 4) is 5.75 Å². The summed E-state index contributed by atoms with van der Waals surface area (Å²) in [4.78, 5) is 8.28. The van der Waals surface area contributed by atoms with Crippen molar-refractivity contribution in [2.24, 2.45) is 5.92 Å². The van der Waals surface area contributed by atoms with Gasteiger partial charge in [0.2, 0.25) is 0 Å². The summed E-state index contributed by atoms with van der Waals surface area (Å²) >= 11 is 0. The number of rotatable bonds is 5. The maximum atomic E-state index is 5.97. The summed E-state index contributed by atoms with van der Waals surface area (Å²) in [6.07, 6.45) is 12.1. The molecule has 0 N–H and O–H groups in total. The standard InChI is InChI=1S/C22H22N2O/c1-2-19(15-24-9-1)12-18-3-4-20-5-6-22(14-21(20)13-18)25-16-17-7-10-23-11-8-17/h1-2,5-11,14-15,18H,3-4,12-13,16H2/t18-/m1/s1. The minimum Gasteiger partial charge on any atom is -0.489 e. The molecule has 3 nitrogen and oxygen atoms in total. The molecule has 126 valence electrons. The van der Waals surface area contributed by atoms with Crippen molar-refractivity contribution in [2.75, 3.05) is 0 Å². The van der Waals surface area contributed by atoms with Gasteiger partial charge in [0.1, 0.15) is 12.4 Å². The van der Waals surface area contributed by atoms with Gasteiger partial charge in [-0.15, -0.1) is 0 Å². The second-order valence-corrected chi connectivity index (χ2v) is 6.75. The lowest BCUT2D eigenvalue weighted by Crippen LogP contribution is -2.16. The molecular formula is C22H22N2O. The Balaban J connectivity index is 1.42. The zero-order chi connectivity index (χ0) is 16.9. The average Bonchev–Trinajstić information content (AvgIpc) is 2.68. The molecule has 3 heteroatoms. The SMILES string of the molecule is c1cncc(C[C@H]2CCc3ccc(OCc4ccncc4)cc3C2)c1. The molecule has 1 atom stereocenters. The van der Waals surface area contributed by atoms with E-state index in [2.05, 4.69) is 34.2 Å². The topological polar surface area (TPSA) is 35.0 Å². The summed E-state index contributed by atoms with van der Waals surface area (Å²) in [5.74, 6) is 1.64. The Bertz CT molecular complexity index is 818. The summed E-state index contributed by atoms with van der Waals surface area (Å²) in [5, 5.41) is 0. The highest BCUT2D eigenvalue weighted by Gasteiger charge is 2.19. The second kappa shape index (κ2) is 7.47. The van der Waals surface area contributed by atoms with E-state index in [1.807, 2.05) is 30.6 Å². The van der Waals surface area contributed by atoms with Crippen molar-refractivity contribution in [2.45, 2.75) is 32.3 Å². The van der Waals surface area contributed by atoms with E-state index < -0.39 is 0 Å². The summed E-state index contributed by atoms with van der Waals surface area (Å²) in [7, 11) is 0. The minimum absolute atomic E-state index is 0.584. The molecule has 0 saturated carbocycles. The van der Waals surface area contributed by atoms with E-state index in [-0.39, 0.29) is 0 Å². The van der Waals surface area contributed by atoms with Gasteiger partial charge in [-0.25, -0.2) is 0 Å². The van der Waals surface area contributed by atoms with Crippen LogP contribution < -0.4 is 4.74 Å². The van der Waals surface area contributed by atoms with Gasteiger partial charge in [-0.2, -0.15) is 0 Å². The number of hydrogen-bond acceptors (Lipinski definition) is 3. The number of nitrogens with zero attached hydrogens (tertiary/aromatic N) is 2. The molecule has 1 aliphatic rings. The number of aromatic nitrogens is 2. The van der Waals surface area contributed by atoms with Crippen LogP contribution in [0.1, 0.15) is 28.7 Å². The molecule has 0 amide bonds. The van der Waals surface area contributed by atoms with Gasteiger partial charge in [-0.05, 0) is 84.2 Å². The summed E-state index contributed by atoms with van der Waals surface area (Å²) in [6.45, 7) is 0.584. The van der Waals surface area contributed by atoms with Crippen LogP contribution in [0.15, 0.2) is 67.3 Å². The van der Waals surface area contributed by atoms with Gasteiger partial charge >= 0.3 is 0 Å². The third kappa shape index (κ3) is 4.05. The van der Waals surface area contributed by atoms with Gasteiger partial charge in [-0.3, -0.25) is 9.97 Å². The molecule has 2 heterocycles. The second-order valence-electron chi connectivity index (χ2n) is 6.75. The summed E-state index contributed by atoms with van der Waals surface area (Å²) in [6, 6.07) is 14.7. The first-order valence-electron chi connectivity index (χ1n) is 8.89. The van der Waals surface area contributed by atoms with Crippen molar-refractivity contribution in [1.82, 2.24) is 9.97 Å². The first kappa shape index (κ1) is 15.8. The smallest absolute Gasteiger partial charge is 0.120 e. The first-order chi connectivity index (χ1) is 12.4. The normalized spacial score (nSPS) is 16.2. The van der Waals surface area contributed by atoms with E-state index in [0.717, 1.165) is 30.6 Å². The van der Waals surface area contributed by atoms with Gasteiger partial charge in [-0.1, -0.05) is 12.1 Å². The van der Waals surface area contributed by atoms with Crippen molar-refractivity contribution < 1.29 is 4.74 Å². The molecule has 0 spiro atoms. The van der Waals surface area contributed by atoms with Crippen molar-refractivity contribution >= 4 is 0 Å². The van der Waals surface area contributed by atoms with Gasteiger partial charge < -0.3 is 4.74 Å². The van der Waals surface area contributed by atoms with Crippen molar-refractivity contribution in [3.63, 3.8) is 0 Å². The Kier molecular flexibility index (Phi) is 4.73. The van der Waals surface area contributed by atoms with E-state index in [4.69, 9.17) is 4.74 Å². The van der Waals surface area contributed by atoms with Crippen LogP contribution in [0.4, 0.5) is 0 Å². The van der Waals surface area contributed by atoms with E-state index in [0.29, 0.717) is 12.5 Å². The Labute approximate surface area is 148 Å². The lowest BCUT2D eigenvalue weighted by molar-refractivity contribution is 0.305. The van der Waals surface area contributed by atoms with E-state index >= 15 is 0 Å². The highest BCUT2D eigenvalue weighted by molar-refractivity contribution is 5.38. The van der Waals surface area contributed by atoms with Crippen LogP contribution in [0.2, 0.25) is 0 Å². The van der Waals surface area contributed by atoms with Crippen molar-refractivity contribution in [1.29, 1.82) is 0 Å². The Morgan fingerprint density at radius 2 is 1.84 bits per heavy atom. The third-order valence-corrected chi connectivity index (χ3v) is 4.91. The fourth-order valence-electron chi connectivity index (χ4n) is 3.57. The average molecular weight is 330 g/mol. The zero-order valence-electron chi connectivity index (χ0n) is 14.3. The molecule has 0 fully saturated rings. The van der Waals surface area contributed by atoms with Gasteiger partial charge in [0.05, 0.1) is 0 Å². The minimum atomic E-state index is 0.584. The number of ether oxygens (including phenoxy) is 1. The maximum Gasteiger partial charge on any atom is 0.120 e. The third-order valence-electron chi connectivity index (χ3n) is 4.91. The first-order valence-corrected chi connectivity index (χ1v) is 8.89. The molecule has 3 aromatic rings. The van der Waals surface area contributed by atoms with E-state index in [1.54, 1.807) is 12.4 Å². The molecular weight excluding hydrogens is 308 g/mol. The zero-order valence-corrected chi connectivity index (χ0v) is 14.3. The summed E-state index contributed by atoms with van der Waals surface area (Å²) < 4.78 is 5.97. The molecule has 0 unspecified atom stereocenters. The van der Waals surface area contributed by atoms with Crippen LogP contribution in [0.3, 0.4) is 0 Å². The summed E-state index contributed by atoms with van der Waals surface area (Å²) in [5.41, 5.74) is 5.38. The molecule has 1 aliphatic carbocycles. The molecule has 4 rings (SSSR count). The van der Waals surface area contributed by atoms with Crippen LogP contribution in [-0.4, -0.2) is 9.97 Å². The number of hydrogen-bond donors (Lipinski definition) is 0. The fraction of sp³-hybridized carbons (Fsp3) is 0.273. The van der Waals surface area contributed by atoms with Crippen LogP contribution in [0.25, 0.3) is 0 Å². The lowest BCUT2D eigenvalue weighted by Gasteiger charge is -2.25. The molecule has 0 bridgehead atoms. The van der Waals surface area contributed by atoms with Gasteiger partial charge in [0.15, 0.2) is 0 Å². The number of pyridine rings is 2. The Hall–Kier alpha value is -2.68. The Morgan fingerprint density at radius 1 is 0.920 bits per heavy atom. The van der Waals surface area contributed by atoms with Crippen LogP contribution in [-0.2, 0) is 25.9 Å². The monoisotopic (exact) mass is 330 g/mol. The molecule has 0 saturated heterocycles. The predicted octanol–water partition coefficient (Wildman–Crippen LogP) is 4.40. The largest absolute Gasteiger partial charge is 0.489 e. The molecule has 1 aromatic carbocycles. The maximum absolute atomic E-state index is 5.97. The quantitative estimate of drug-likeness (QED) is 0.695. The van der Waals surface area contributed by atoms with Crippen LogP contribution >= 0.6 is 0 Å². The highest BCUT2D eigenvalue weighted by Crippen LogP contribution is 2.30. The Morgan fingerprint density at radius 3 is 2.68 bits per heavy atom. The highest BCUT2D eigenvalue weighted by atomic mass is 16.5. The van der Waals surface area contributed by atoms with Gasteiger partial charge in [0, 0.05) is 24.8 Å². The molecule has 25 heavy (non-hydrogen) atoms. The van der Waals surface area contributed by atoms with Gasteiger partial charge in [0.25, 0.3) is 0 Å². The van der Waals surface area contributed by atoms with Crippen molar-refractivity contribution in [3.05, 3.63) is 89.5 Å². The lowest BCUT2D eigenvalue weighted by atomic mass is 9.81. The van der Waals surface area contributed by atoms with E-state index in [9.17, 15) is 0 Å². The molecule has 0 radical (unpaired) electrons. The van der Waals surface area contributed by atoms with Crippen LogP contribution in [0, 0.1) is 5.92 Å². The van der Waals surface area contributed by atoms with Crippen LogP contribution in [0.5, 0.6) is 5.75 Å². The number of aryl methyl sites for hydroxylation is 1. The van der Waals surface area contributed by atoms with E-state index in [1.165, 1.54) is 23.1 Å². The molecule has 2 aromatic heterocycles. The molecule has 0 aliphatic heterocycles. The fourth-order valence-corrected chi connectivity index (χ4v) is 3.57. The number of fused-ring (bicyclic) bond motifs is 1. The predicted molar refractivity (Wildman–Crippen MR) is 98.5 cm³/mol. The number of benzene rings is 1.